The van der Waals surface area contributed by atoms with Gasteiger partial charge in [0, 0.05) is 19.3 Å². The fraction of sp³-hybridized carbons (Fsp3) is 0.726. The van der Waals surface area contributed by atoms with E-state index in [4.69, 9.17) is 14.2 Å². The molecule has 0 saturated carbocycles. The average molecular weight is 948 g/mol. The van der Waals surface area contributed by atoms with E-state index in [-0.39, 0.29) is 31.1 Å². The molecule has 1 atom stereocenters. The van der Waals surface area contributed by atoms with Gasteiger partial charge in [-0.05, 0) is 109 Å². The van der Waals surface area contributed by atoms with Crippen LogP contribution in [0.15, 0.2) is 85.1 Å². The third-order valence-electron chi connectivity index (χ3n) is 12.1. The summed E-state index contributed by atoms with van der Waals surface area (Å²) >= 11 is 0. The zero-order chi connectivity index (χ0) is 49.3. The zero-order valence-electron chi connectivity index (χ0n) is 44.6. The van der Waals surface area contributed by atoms with Crippen LogP contribution in [0.25, 0.3) is 0 Å². The van der Waals surface area contributed by atoms with E-state index in [0.717, 1.165) is 122 Å². The molecular formula is C62H106O6. The second kappa shape index (κ2) is 56.2. The van der Waals surface area contributed by atoms with Gasteiger partial charge in [-0.1, -0.05) is 228 Å². The van der Waals surface area contributed by atoms with Crippen molar-refractivity contribution in [2.24, 2.45) is 0 Å². The van der Waals surface area contributed by atoms with Crippen molar-refractivity contribution in [3.05, 3.63) is 85.1 Å². The third-order valence-corrected chi connectivity index (χ3v) is 12.1. The highest BCUT2D eigenvalue weighted by Crippen LogP contribution is 2.15. The monoisotopic (exact) mass is 947 g/mol. The number of carbonyl (C=O) groups is 3. The van der Waals surface area contributed by atoms with Gasteiger partial charge in [0.1, 0.15) is 13.2 Å². The lowest BCUT2D eigenvalue weighted by molar-refractivity contribution is -0.167. The summed E-state index contributed by atoms with van der Waals surface area (Å²) < 4.78 is 16.8. The summed E-state index contributed by atoms with van der Waals surface area (Å²) in [7, 11) is 0. The summed E-state index contributed by atoms with van der Waals surface area (Å²) in [6.07, 6.45) is 72.9. The van der Waals surface area contributed by atoms with Crippen molar-refractivity contribution in [1.82, 2.24) is 0 Å². The van der Waals surface area contributed by atoms with Gasteiger partial charge in [-0.3, -0.25) is 14.4 Å². The molecule has 0 amide bonds. The Kier molecular flexibility index (Phi) is 53.4. The van der Waals surface area contributed by atoms with E-state index in [1.54, 1.807) is 0 Å². The second-order valence-corrected chi connectivity index (χ2v) is 18.8. The fourth-order valence-electron chi connectivity index (χ4n) is 7.82. The highest BCUT2D eigenvalue weighted by molar-refractivity contribution is 5.71. The maximum atomic E-state index is 12.8. The van der Waals surface area contributed by atoms with Crippen LogP contribution >= 0.6 is 0 Å². The highest BCUT2D eigenvalue weighted by atomic mass is 16.6. The van der Waals surface area contributed by atoms with Gasteiger partial charge in [0.05, 0.1) is 0 Å². The molecule has 0 saturated heterocycles. The Balaban J connectivity index is 4.28. The summed E-state index contributed by atoms with van der Waals surface area (Å²) in [4.78, 5) is 38.0. The Morgan fingerprint density at radius 1 is 0.309 bits per heavy atom. The van der Waals surface area contributed by atoms with Gasteiger partial charge in [0.15, 0.2) is 6.10 Å². The molecule has 6 heteroatoms. The standard InChI is InChI=1S/C62H106O6/c1-4-7-10-13-16-19-22-24-26-27-28-29-30-31-32-33-34-35-37-38-40-43-46-49-52-55-61(64)67-58-59(57-66-60(63)54-51-48-45-42-21-18-15-12-9-6-3)68-62(65)56-53-50-47-44-41-39-36-25-23-20-17-14-11-8-5-2/h7,10,12,15-16,19,24-26,28-29,31-32,36,59H,4-6,8-9,11,13-14,17-18,20-23,27,30,33-35,37-58H2,1-3H3/b10-7-,15-12-,19-16-,26-24-,29-28-,32-31-,36-25-. The molecule has 6 nitrogen and oxygen atoms in total. The van der Waals surface area contributed by atoms with Gasteiger partial charge in [-0.25, -0.2) is 0 Å². The summed E-state index contributed by atoms with van der Waals surface area (Å²) in [5.41, 5.74) is 0. The second-order valence-electron chi connectivity index (χ2n) is 18.8. The smallest absolute Gasteiger partial charge is 0.306 e. The molecule has 0 fully saturated rings. The maximum absolute atomic E-state index is 12.8. The molecule has 0 aliphatic carbocycles. The fourth-order valence-corrected chi connectivity index (χ4v) is 7.82. The first-order chi connectivity index (χ1) is 33.5. The molecule has 0 rings (SSSR count). The molecule has 0 aliphatic heterocycles. The van der Waals surface area contributed by atoms with Crippen molar-refractivity contribution in [1.29, 1.82) is 0 Å². The van der Waals surface area contributed by atoms with Crippen LogP contribution in [0.2, 0.25) is 0 Å². The Morgan fingerprint density at radius 3 is 0.971 bits per heavy atom. The van der Waals surface area contributed by atoms with Crippen molar-refractivity contribution in [2.75, 3.05) is 13.2 Å². The molecule has 0 aliphatic rings. The van der Waals surface area contributed by atoms with Crippen molar-refractivity contribution in [3.63, 3.8) is 0 Å². The number of hydrogen-bond donors (Lipinski definition) is 0. The Hall–Kier alpha value is -3.41. The zero-order valence-corrected chi connectivity index (χ0v) is 44.6. The van der Waals surface area contributed by atoms with Crippen LogP contribution < -0.4 is 0 Å². The van der Waals surface area contributed by atoms with Crippen molar-refractivity contribution < 1.29 is 28.6 Å². The van der Waals surface area contributed by atoms with Gasteiger partial charge in [0.2, 0.25) is 0 Å². The maximum Gasteiger partial charge on any atom is 0.306 e. The SMILES string of the molecule is CC/C=C\C/C=C\C/C=C\C/C=C\C/C=C\CCCCCCCCCCCC(=O)OCC(COC(=O)CCCCCCC/C=C\CCC)OC(=O)CCCCCCC/C=C\CCCCCCCC. The Labute approximate surface area is 420 Å². The van der Waals surface area contributed by atoms with Crippen LogP contribution in [0.4, 0.5) is 0 Å². The van der Waals surface area contributed by atoms with E-state index < -0.39 is 6.10 Å². The third kappa shape index (κ3) is 53.5. The van der Waals surface area contributed by atoms with Crippen LogP contribution in [-0.4, -0.2) is 37.2 Å². The molecule has 1 unspecified atom stereocenters. The van der Waals surface area contributed by atoms with E-state index in [1.807, 2.05) is 0 Å². The Bertz CT molecular complexity index is 1320. The molecule has 68 heavy (non-hydrogen) atoms. The van der Waals surface area contributed by atoms with Gasteiger partial charge in [0.25, 0.3) is 0 Å². The van der Waals surface area contributed by atoms with Gasteiger partial charge < -0.3 is 14.2 Å². The van der Waals surface area contributed by atoms with Crippen LogP contribution in [0.1, 0.15) is 271 Å². The summed E-state index contributed by atoms with van der Waals surface area (Å²) in [5, 5.41) is 0. The number of ether oxygens (including phenoxy) is 3. The highest BCUT2D eigenvalue weighted by Gasteiger charge is 2.19. The predicted molar refractivity (Wildman–Crippen MR) is 293 cm³/mol. The first-order valence-electron chi connectivity index (χ1n) is 28.6. The number of unbranched alkanes of at least 4 members (excludes halogenated alkanes) is 26. The van der Waals surface area contributed by atoms with E-state index in [0.29, 0.717) is 19.3 Å². The molecule has 0 N–H and O–H groups in total. The van der Waals surface area contributed by atoms with E-state index >= 15 is 0 Å². The lowest BCUT2D eigenvalue weighted by Crippen LogP contribution is -2.30. The molecule has 0 aromatic rings. The summed E-state index contributed by atoms with van der Waals surface area (Å²) in [5.74, 6) is -0.906. The van der Waals surface area contributed by atoms with Crippen molar-refractivity contribution >= 4 is 17.9 Å². The van der Waals surface area contributed by atoms with Gasteiger partial charge in [-0.15, -0.1) is 0 Å². The van der Waals surface area contributed by atoms with E-state index in [9.17, 15) is 14.4 Å². The van der Waals surface area contributed by atoms with E-state index in [2.05, 4.69) is 106 Å². The Morgan fingerprint density at radius 2 is 0.603 bits per heavy atom. The molecule has 0 bridgehead atoms. The summed E-state index contributed by atoms with van der Waals surface area (Å²) in [6.45, 7) is 6.45. The topological polar surface area (TPSA) is 78.9 Å². The largest absolute Gasteiger partial charge is 0.462 e. The van der Waals surface area contributed by atoms with Crippen LogP contribution in [0.3, 0.4) is 0 Å². The number of carbonyl (C=O) groups excluding carboxylic acids is 3. The van der Waals surface area contributed by atoms with Gasteiger partial charge >= 0.3 is 17.9 Å². The van der Waals surface area contributed by atoms with E-state index in [1.165, 1.54) is 109 Å². The molecular weight excluding hydrogens is 841 g/mol. The molecule has 0 aromatic heterocycles. The normalized spacial score (nSPS) is 12.7. The first-order valence-corrected chi connectivity index (χ1v) is 28.6. The first kappa shape index (κ1) is 64.6. The van der Waals surface area contributed by atoms with Gasteiger partial charge in [-0.2, -0.15) is 0 Å². The minimum atomic E-state index is -0.786. The van der Waals surface area contributed by atoms with Crippen LogP contribution in [-0.2, 0) is 28.6 Å². The number of rotatable bonds is 51. The molecule has 0 aromatic carbocycles. The quantitative estimate of drug-likeness (QED) is 0.0262. The lowest BCUT2D eigenvalue weighted by atomic mass is 10.1. The van der Waals surface area contributed by atoms with Crippen molar-refractivity contribution in [2.45, 2.75) is 277 Å². The van der Waals surface area contributed by atoms with Crippen molar-refractivity contribution in [3.8, 4) is 0 Å². The van der Waals surface area contributed by atoms with Crippen LogP contribution in [0, 0.1) is 0 Å². The molecule has 0 radical (unpaired) electrons. The number of hydrogen-bond acceptors (Lipinski definition) is 6. The lowest BCUT2D eigenvalue weighted by Gasteiger charge is -2.18. The number of allylic oxidation sites excluding steroid dienone is 14. The summed E-state index contributed by atoms with van der Waals surface area (Å²) in [6, 6.07) is 0. The minimum absolute atomic E-state index is 0.0853. The minimum Gasteiger partial charge on any atom is -0.462 e. The molecule has 0 heterocycles. The van der Waals surface area contributed by atoms with Crippen LogP contribution in [0.5, 0.6) is 0 Å². The predicted octanol–water partition coefficient (Wildman–Crippen LogP) is 19.2. The average Bonchev–Trinajstić information content (AvgIpc) is 3.34. The number of esters is 3. The molecule has 390 valence electrons. The molecule has 0 spiro atoms.